The Morgan fingerprint density at radius 3 is 2.01 bits per heavy atom. The van der Waals surface area contributed by atoms with Gasteiger partial charge < -0.3 is 125 Å². The van der Waals surface area contributed by atoms with Crippen LogP contribution >= 0.6 is 0 Å². The molecule has 0 bridgehead atoms. The fraction of sp³-hybridized carbons (Fsp3) is 0.783. The first kappa shape index (κ1) is 61.8. The van der Waals surface area contributed by atoms with Crippen LogP contribution in [0.3, 0.4) is 0 Å². The second-order valence-corrected chi connectivity index (χ2v) is 18.9. The van der Waals surface area contributed by atoms with Crippen molar-refractivity contribution in [2.24, 2.45) is 0 Å². The van der Waals surface area contributed by atoms with Gasteiger partial charge in [0.05, 0.1) is 50.9 Å². The molecule has 29 nitrogen and oxygen atoms in total. The number of ether oxygens (including phenoxy) is 9. The minimum Gasteiger partial charge on any atom is -0.506 e. The van der Waals surface area contributed by atoms with Gasteiger partial charge in [-0.1, -0.05) is 25.7 Å². The maximum absolute atomic E-state index is 14.1. The van der Waals surface area contributed by atoms with Gasteiger partial charge in [0.15, 0.2) is 18.9 Å². The highest BCUT2D eigenvalue weighted by Crippen LogP contribution is 2.39. The minimum atomic E-state index is -3.17. The van der Waals surface area contributed by atoms with E-state index in [1.807, 2.05) is 0 Å². The molecule has 4 saturated heterocycles. The maximum atomic E-state index is 14.1. The Hall–Kier alpha value is -4.06. The van der Waals surface area contributed by atoms with Crippen LogP contribution in [0.5, 0.6) is 5.75 Å². The zero-order chi connectivity index (χ0) is 55.5. The van der Waals surface area contributed by atoms with Gasteiger partial charge >= 0.3 is 11.9 Å². The number of aromatic hydroxyl groups is 1. The number of carboxylic acids is 1. The summed E-state index contributed by atoms with van der Waals surface area (Å²) < 4.78 is 52.8. The van der Waals surface area contributed by atoms with Crippen LogP contribution in [0.25, 0.3) is 0 Å². The Bertz CT molecular complexity index is 2010. The van der Waals surface area contributed by atoms with Gasteiger partial charge in [0, 0.05) is 31.9 Å². The molecule has 0 aromatic heterocycles. The molecule has 0 saturated carbocycles. The summed E-state index contributed by atoms with van der Waals surface area (Å²) in [5.41, 5.74) is 5.53. The quantitative estimate of drug-likeness (QED) is 0.0188. The summed E-state index contributed by atoms with van der Waals surface area (Å²) in [5, 5.41) is 146. The average molecular weight is 1080 g/mol. The van der Waals surface area contributed by atoms with E-state index < -0.39 is 178 Å². The molecule has 428 valence electrons. The summed E-state index contributed by atoms with van der Waals surface area (Å²) in [7, 11) is 1.30. The lowest BCUT2D eigenvalue weighted by Gasteiger charge is -2.51. The van der Waals surface area contributed by atoms with E-state index in [0.717, 1.165) is 32.3 Å². The number of rotatable bonds is 25. The van der Waals surface area contributed by atoms with E-state index in [2.05, 4.69) is 15.4 Å². The molecule has 2 amide bonds. The molecule has 21 atom stereocenters. The van der Waals surface area contributed by atoms with Crippen LogP contribution < -0.4 is 16.4 Å². The third-order valence-corrected chi connectivity index (χ3v) is 13.4. The van der Waals surface area contributed by atoms with Crippen molar-refractivity contribution in [1.29, 1.82) is 0 Å². The van der Waals surface area contributed by atoms with Crippen LogP contribution in [0.1, 0.15) is 75.6 Å². The van der Waals surface area contributed by atoms with Crippen LogP contribution in [0.15, 0.2) is 18.2 Å². The number of carbonyl (C=O) groups is 4. The van der Waals surface area contributed by atoms with E-state index >= 15 is 0 Å². The van der Waals surface area contributed by atoms with Gasteiger partial charge in [0.25, 0.3) is 11.7 Å². The predicted octanol–water partition coefficient (Wildman–Crippen LogP) is -5.72. The average Bonchev–Trinajstić information content (AvgIpc) is 3.38. The molecular weight excluding hydrogens is 1010 g/mol. The van der Waals surface area contributed by atoms with Crippen LogP contribution in [-0.4, -0.2) is 252 Å². The Labute approximate surface area is 429 Å². The summed E-state index contributed by atoms with van der Waals surface area (Å²) in [5.74, 6) is -7.74. The first-order chi connectivity index (χ1) is 35.5. The second-order valence-electron chi connectivity index (χ2n) is 18.9. The molecule has 4 fully saturated rings. The molecule has 0 aliphatic carbocycles. The van der Waals surface area contributed by atoms with Gasteiger partial charge in [0.1, 0.15) is 91.1 Å². The molecule has 29 heteroatoms. The minimum absolute atomic E-state index is 0.0488. The van der Waals surface area contributed by atoms with Crippen molar-refractivity contribution in [1.82, 2.24) is 10.6 Å². The third kappa shape index (κ3) is 15.2. The number of nitrogen functional groups attached to an aromatic ring is 1. The van der Waals surface area contributed by atoms with Crippen LogP contribution in [0.2, 0.25) is 0 Å². The standard InChI is InChI=1S/C46H73N3O26/c1-19-31(58)34(61)35(62)43(69-19)73-39-30(49-41(64)21-11-12-22(47)23(54)14-21)42(68-13-9-7-5-4-6-8-10-28(57)67-3)71-27(18-52)37(39)72-44-36(63)40(33(60)26(17-51)70-44)75-46(45(65)66)15-24(55)29(48-20(2)53)38(74-46)32(59)25(56)16-50/h11-12,14,19,24-27,29-40,42-44,50-52,54-56,58-63H,4-10,13,15-18,47H2,1-3H3,(H,48,53)(H,49,64)(H,65,66)/t19?,24?,25?,26?,27?,29-,30?,31+,32?,33-,34?,35?,36?,37+,38?,39?,40?,42-,43+,44?,46+/m1/s1. The molecule has 1 aromatic rings. The Balaban J connectivity index is 1.52. The lowest BCUT2D eigenvalue weighted by atomic mass is 9.88. The summed E-state index contributed by atoms with van der Waals surface area (Å²) >= 11 is 0. The number of aliphatic carboxylic acids is 1. The van der Waals surface area contributed by atoms with Crippen molar-refractivity contribution in [2.75, 3.05) is 39.3 Å². The van der Waals surface area contributed by atoms with Gasteiger partial charge in [-0.15, -0.1) is 0 Å². The Morgan fingerprint density at radius 1 is 0.773 bits per heavy atom. The molecule has 0 spiro atoms. The summed E-state index contributed by atoms with van der Waals surface area (Å²) in [4.78, 5) is 50.9. The van der Waals surface area contributed by atoms with Gasteiger partial charge in [-0.05, 0) is 38.0 Å². The largest absolute Gasteiger partial charge is 0.506 e. The molecule has 17 N–H and O–H groups in total. The summed E-state index contributed by atoms with van der Waals surface area (Å²) in [6.45, 7) is -0.869. The number of hydrogen-bond acceptors (Lipinski definition) is 26. The Morgan fingerprint density at radius 2 is 1.40 bits per heavy atom. The normalized spacial score (nSPS) is 37.0. The number of amides is 2. The highest BCUT2D eigenvalue weighted by atomic mass is 16.8. The number of phenolic OH excluding ortho intramolecular Hbond substituents is 1. The Kier molecular flexibility index (Phi) is 23.1. The number of benzene rings is 1. The molecule has 4 heterocycles. The van der Waals surface area contributed by atoms with Crippen molar-refractivity contribution in [2.45, 2.75) is 194 Å². The van der Waals surface area contributed by atoms with Crippen LogP contribution in [0, 0.1) is 0 Å². The van der Waals surface area contributed by atoms with Crippen molar-refractivity contribution in [3.63, 3.8) is 0 Å². The molecule has 75 heavy (non-hydrogen) atoms. The van der Waals surface area contributed by atoms with E-state index in [9.17, 15) is 85.6 Å². The molecule has 1 aromatic carbocycles. The molecule has 4 aliphatic rings. The zero-order valence-electron chi connectivity index (χ0n) is 41.5. The molecule has 5 rings (SSSR count). The fourth-order valence-corrected chi connectivity index (χ4v) is 9.18. The van der Waals surface area contributed by atoms with E-state index in [-0.39, 0.29) is 30.2 Å². The number of carboxylic acid groups (broad SMARTS) is 1. The number of esters is 1. The van der Waals surface area contributed by atoms with Gasteiger partial charge in [-0.2, -0.15) is 0 Å². The topological polar surface area (TPSA) is 464 Å². The van der Waals surface area contributed by atoms with Gasteiger partial charge in [-0.25, -0.2) is 4.79 Å². The first-order valence-corrected chi connectivity index (χ1v) is 24.5. The lowest BCUT2D eigenvalue weighted by molar-refractivity contribution is -0.391. The maximum Gasteiger partial charge on any atom is 0.364 e. The van der Waals surface area contributed by atoms with Crippen molar-refractivity contribution >= 4 is 29.4 Å². The monoisotopic (exact) mass is 1080 g/mol. The van der Waals surface area contributed by atoms with Crippen LogP contribution in [0.4, 0.5) is 5.69 Å². The van der Waals surface area contributed by atoms with Crippen molar-refractivity contribution in [3.8, 4) is 5.75 Å². The number of carbonyl (C=O) groups excluding carboxylic acids is 3. The van der Waals surface area contributed by atoms with Crippen molar-refractivity contribution in [3.05, 3.63) is 23.8 Å². The summed E-state index contributed by atoms with van der Waals surface area (Å²) in [6, 6.07) is 0.251. The van der Waals surface area contributed by atoms with Gasteiger partial charge in [0.2, 0.25) is 5.91 Å². The molecule has 0 radical (unpaired) electrons. The highest BCUT2D eigenvalue weighted by molar-refractivity contribution is 5.95. The molecule has 4 aliphatic heterocycles. The van der Waals surface area contributed by atoms with E-state index in [1.165, 1.54) is 26.2 Å². The molecular formula is C46H73N3O26. The summed E-state index contributed by atoms with van der Waals surface area (Å²) in [6.07, 6.45) is -31.6. The number of aliphatic hydroxyl groups excluding tert-OH is 11. The number of methoxy groups -OCH3 is 1. The smallest absolute Gasteiger partial charge is 0.364 e. The zero-order valence-corrected chi connectivity index (χ0v) is 41.5. The SMILES string of the molecule is COC(=O)CCCCCCCCO[C@@H]1OC(CO)[C@H](OC2OC(CO)[C@@H](O)C(O[C@]3(C(=O)O)CC(O)[C@@H](NC(C)=O)C(C(O)C(O)CO)O3)C2O)C(O[C@@H]2OC(C)[C@H](O)C(O)C2O)C1NC(=O)c1ccc(N)c(O)c1. The third-order valence-electron chi connectivity index (χ3n) is 13.4. The van der Waals surface area contributed by atoms with Crippen LogP contribution in [-0.2, 0) is 57.0 Å². The number of aliphatic hydroxyl groups is 11. The second kappa shape index (κ2) is 28.0. The number of nitrogens with one attached hydrogen (secondary N) is 2. The molecule has 14 unspecified atom stereocenters. The highest BCUT2D eigenvalue weighted by Gasteiger charge is 2.61. The van der Waals surface area contributed by atoms with E-state index in [1.54, 1.807) is 0 Å². The lowest BCUT2D eigenvalue weighted by Crippen LogP contribution is -2.71. The van der Waals surface area contributed by atoms with Gasteiger partial charge in [-0.3, -0.25) is 14.4 Å². The number of nitrogens with two attached hydrogens (primary N) is 1. The number of unbranched alkanes of at least 4 members (excludes halogenated alkanes) is 5. The van der Waals surface area contributed by atoms with E-state index in [0.29, 0.717) is 19.3 Å². The number of anilines is 1. The predicted molar refractivity (Wildman–Crippen MR) is 247 cm³/mol. The van der Waals surface area contributed by atoms with Crippen molar-refractivity contribution < 1.29 is 128 Å². The fourth-order valence-electron chi connectivity index (χ4n) is 9.18. The number of phenols is 1. The number of hydrogen-bond donors (Lipinski definition) is 16. The first-order valence-electron chi connectivity index (χ1n) is 24.5. The van der Waals surface area contributed by atoms with E-state index in [4.69, 9.17) is 43.6 Å².